The van der Waals surface area contributed by atoms with E-state index in [1.807, 2.05) is 28.1 Å². The normalized spacial score (nSPS) is 13.4. The molecule has 2 N–H and O–H groups in total. The van der Waals surface area contributed by atoms with E-state index in [9.17, 15) is 4.79 Å². The molecule has 0 saturated carbocycles. The molecule has 0 amide bonds. The maximum atomic E-state index is 10.9. The van der Waals surface area contributed by atoms with Crippen LogP contribution in [-0.2, 0) is 4.79 Å². The first kappa shape index (κ1) is 15.3. The average Bonchev–Trinajstić information content (AvgIpc) is 2.16. The van der Waals surface area contributed by atoms with Gasteiger partial charge in [-0.3, -0.25) is 4.79 Å². The molecule has 0 aromatic rings. The molecule has 0 aliphatic carbocycles. The summed E-state index contributed by atoms with van der Waals surface area (Å²) >= 11 is 0. The Balaban J connectivity index is 3.81. The van der Waals surface area contributed by atoms with Gasteiger partial charge in [0.1, 0.15) is 6.04 Å². The van der Waals surface area contributed by atoms with Crippen molar-refractivity contribution in [1.82, 2.24) is 15.1 Å². The van der Waals surface area contributed by atoms with E-state index in [1.165, 1.54) is 0 Å². The lowest BCUT2D eigenvalue weighted by Gasteiger charge is -2.22. The van der Waals surface area contributed by atoms with Crippen LogP contribution in [-0.4, -0.2) is 74.2 Å². The highest BCUT2D eigenvalue weighted by Gasteiger charge is 2.17. The minimum atomic E-state index is -0.777. The first-order chi connectivity index (χ1) is 7.47. The maximum absolute atomic E-state index is 10.9. The zero-order valence-electron chi connectivity index (χ0n) is 10.9. The summed E-state index contributed by atoms with van der Waals surface area (Å²) in [7, 11) is 6.04. The van der Waals surface area contributed by atoms with Crippen molar-refractivity contribution < 1.29 is 9.90 Å². The number of hydrogen-bond donors (Lipinski definition) is 2. The highest BCUT2D eigenvalue weighted by molar-refractivity contribution is 5.73. The van der Waals surface area contributed by atoms with E-state index < -0.39 is 12.0 Å². The molecule has 0 saturated heterocycles. The minimum Gasteiger partial charge on any atom is -0.480 e. The van der Waals surface area contributed by atoms with E-state index in [2.05, 4.69) is 15.1 Å². The molecular weight excluding hydrogens is 206 g/mol. The van der Waals surface area contributed by atoms with Crippen LogP contribution in [0.15, 0.2) is 0 Å². The fourth-order valence-electron chi connectivity index (χ4n) is 1.54. The smallest absolute Gasteiger partial charge is 0.322 e. The standard InChI is InChI=1S/C11H25N3O2/c1-5-12-10(11(15)16)9-14(4)8-6-7-13(2)3/h10,12H,5-9H2,1-4H3,(H,15,16). The third kappa shape index (κ3) is 7.62. The number of nitrogens with zero attached hydrogens (tertiary/aromatic N) is 2. The van der Waals surface area contributed by atoms with E-state index in [-0.39, 0.29) is 0 Å². The second kappa shape index (κ2) is 8.50. The third-order valence-corrected chi connectivity index (χ3v) is 2.39. The van der Waals surface area contributed by atoms with Gasteiger partial charge in [-0.2, -0.15) is 0 Å². The highest BCUT2D eigenvalue weighted by Crippen LogP contribution is 1.93. The molecule has 5 heteroatoms. The minimum absolute atomic E-state index is 0.464. The Kier molecular flexibility index (Phi) is 8.15. The molecule has 0 rings (SSSR count). The molecule has 0 fully saturated rings. The lowest BCUT2D eigenvalue weighted by Crippen LogP contribution is -2.45. The largest absolute Gasteiger partial charge is 0.480 e. The lowest BCUT2D eigenvalue weighted by molar-refractivity contribution is -0.139. The van der Waals surface area contributed by atoms with Crippen molar-refractivity contribution in [2.45, 2.75) is 19.4 Å². The maximum Gasteiger partial charge on any atom is 0.322 e. The summed E-state index contributed by atoms with van der Waals surface area (Å²) in [5, 5.41) is 11.9. The fourth-order valence-corrected chi connectivity index (χ4v) is 1.54. The summed E-state index contributed by atoms with van der Waals surface area (Å²) in [5.74, 6) is -0.777. The van der Waals surface area contributed by atoms with Crippen LogP contribution in [0.2, 0.25) is 0 Å². The molecule has 0 aromatic carbocycles. The Morgan fingerprint density at radius 3 is 2.38 bits per heavy atom. The molecule has 1 atom stereocenters. The van der Waals surface area contributed by atoms with Crippen molar-refractivity contribution in [3.63, 3.8) is 0 Å². The number of hydrogen-bond acceptors (Lipinski definition) is 4. The monoisotopic (exact) mass is 231 g/mol. The molecule has 96 valence electrons. The summed E-state index contributed by atoms with van der Waals surface area (Å²) in [6, 6.07) is -0.464. The number of carboxylic acid groups (broad SMARTS) is 1. The molecule has 0 aromatic heterocycles. The van der Waals surface area contributed by atoms with Gasteiger partial charge >= 0.3 is 5.97 Å². The molecule has 0 spiro atoms. The van der Waals surface area contributed by atoms with Gasteiger partial charge in [0, 0.05) is 6.54 Å². The SMILES string of the molecule is CCNC(CN(C)CCCN(C)C)C(=O)O. The van der Waals surface area contributed by atoms with Crippen LogP contribution >= 0.6 is 0 Å². The summed E-state index contributed by atoms with van der Waals surface area (Å²) in [4.78, 5) is 15.1. The lowest BCUT2D eigenvalue weighted by atomic mass is 10.2. The molecule has 5 nitrogen and oxygen atoms in total. The number of likely N-dealkylation sites (N-methyl/N-ethyl adjacent to an activating group) is 2. The van der Waals surface area contributed by atoms with Crippen LogP contribution in [0.25, 0.3) is 0 Å². The van der Waals surface area contributed by atoms with Crippen LogP contribution < -0.4 is 5.32 Å². The van der Waals surface area contributed by atoms with Crippen LogP contribution in [0.4, 0.5) is 0 Å². The molecule has 0 aliphatic heterocycles. The Bertz CT molecular complexity index is 198. The van der Waals surface area contributed by atoms with Crippen molar-refractivity contribution in [2.75, 3.05) is 47.3 Å². The fraction of sp³-hybridized carbons (Fsp3) is 0.909. The number of nitrogens with one attached hydrogen (secondary N) is 1. The van der Waals surface area contributed by atoms with Gasteiger partial charge in [-0.25, -0.2) is 0 Å². The summed E-state index contributed by atoms with van der Waals surface area (Å²) in [6.07, 6.45) is 1.06. The average molecular weight is 231 g/mol. The van der Waals surface area contributed by atoms with Gasteiger partial charge in [0.15, 0.2) is 0 Å². The number of aliphatic carboxylic acids is 1. The molecule has 0 aliphatic rings. The second-order valence-corrected chi connectivity index (χ2v) is 4.37. The first-order valence-corrected chi connectivity index (χ1v) is 5.76. The van der Waals surface area contributed by atoms with Gasteiger partial charge in [0.2, 0.25) is 0 Å². The van der Waals surface area contributed by atoms with Crippen LogP contribution in [0.1, 0.15) is 13.3 Å². The third-order valence-electron chi connectivity index (χ3n) is 2.39. The zero-order valence-corrected chi connectivity index (χ0v) is 10.9. The van der Waals surface area contributed by atoms with E-state index in [4.69, 9.17) is 5.11 Å². The van der Waals surface area contributed by atoms with Crippen LogP contribution in [0.5, 0.6) is 0 Å². The number of rotatable bonds is 9. The van der Waals surface area contributed by atoms with Crippen LogP contribution in [0.3, 0.4) is 0 Å². The van der Waals surface area contributed by atoms with Crippen LogP contribution in [0, 0.1) is 0 Å². The van der Waals surface area contributed by atoms with E-state index in [0.29, 0.717) is 13.1 Å². The Morgan fingerprint density at radius 1 is 1.31 bits per heavy atom. The van der Waals surface area contributed by atoms with Crippen molar-refractivity contribution in [3.8, 4) is 0 Å². The van der Waals surface area contributed by atoms with E-state index in [1.54, 1.807) is 0 Å². The first-order valence-electron chi connectivity index (χ1n) is 5.76. The predicted octanol–water partition coefficient (Wildman–Crippen LogP) is -0.0674. The van der Waals surface area contributed by atoms with Gasteiger partial charge in [0.05, 0.1) is 0 Å². The van der Waals surface area contributed by atoms with Gasteiger partial charge in [-0.15, -0.1) is 0 Å². The molecule has 0 bridgehead atoms. The Morgan fingerprint density at radius 2 is 1.94 bits per heavy atom. The number of carboxylic acids is 1. The molecule has 0 radical (unpaired) electrons. The Hall–Kier alpha value is -0.650. The van der Waals surface area contributed by atoms with E-state index >= 15 is 0 Å². The highest BCUT2D eigenvalue weighted by atomic mass is 16.4. The molecule has 16 heavy (non-hydrogen) atoms. The quantitative estimate of drug-likeness (QED) is 0.582. The molecule has 0 heterocycles. The summed E-state index contributed by atoms with van der Waals surface area (Å²) in [6.45, 7) is 5.11. The second-order valence-electron chi connectivity index (χ2n) is 4.37. The van der Waals surface area contributed by atoms with Gasteiger partial charge in [-0.05, 0) is 47.2 Å². The van der Waals surface area contributed by atoms with Crippen molar-refractivity contribution in [1.29, 1.82) is 0 Å². The molecular formula is C11H25N3O2. The topological polar surface area (TPSA) is 55.8 Å². The van der Waals surface area contributed by atoms with Gasteiger partial charge < -0.3 is 20.2 Å². The number of carbonyl (C=O) groups is 1. The van der Waals surface area contributed by atoms with Gasteiger partial charge in [0.25, 0.3) is 0 Å². The molecule has 1 unspecified atom stereocenters. The van der Waals surface area contributed by atoms with Crippen molar-refractivity contribution in [2.24, 2.45) is 0 Å². The summed E-state index contributed by atoms with van der Waals surface area (Å²) in [5.41, 5.74) is 0. The van der Waals surface area contributed by atoms with E-state index in [0.717, 1.165) is 19.5 Å². The van der Waals surface area contributed by atoms with Gasteiger partial charge in [-0.1, -0.05) is 6.92 Å². The Labute approximate surface area is 98.4 Å². The zero-order chi connectivity index (χ0) is 12.6. The summed E-state index contributed by atoms with van der Waals surface area (Å²) < 4.78 is 0. The van der Waals surface area contributed by atoms with Crippen molar-refractivity contribution in [3.05, 3.63) is 0 Å². The predicted molar refractivity (Wildman–Crippen MR) is 65.8 cm³/mol. The van der Waals surface area contributed by atoms with Crippen molar-refractivity contribution >= 4 is 5.97 Å².